The second-order valence-electron chi connectivity index (χ2n) is 5.99. The Labute approximate surface area is 159 Å². The maximum atomic E-state index is 11.9. The first-order chi connectivity index (χ1) is 12.8. The second-order valence-corrected chi connectivity index (χ2v) is 6.93. The first-order valence-electron chi connectivity index (χ1n) is 8.01. The van der Waals surface area contributed by atoms with Crippen molar-refractivity contribution >= 4 is 23.2 Å². The highest BCUT2D eigenvalue weighted by Gasteiger charge is 2.24. The van der Waals surface area contributed by atoms with Crippen LogP contribution in [0.3, 0.4) is 0 Å². The van der Waals surface area contributed by atoms with Gasteiger partial charge in [0.05, 0.1) is 23.7 Å². The van der Waals surface area contributed by atoms with E-state index >= 15 is 0 Å². The van der Waals surface area contributed by atoms with E-state index in [0.717, 1.165) is 11.3 Å². The van der Waals surface area contributed by atoms with Gasteiger partial charge in [-0.25, -0.2) is 9.78 Å². The van der Waals surface area contributed by atoms with E-state index in [1.165, 1.54) is 11.3 Å². The van der Waals surface area contributed by atoms with Crippen LogP contribution in [0.1, 0.15) is 42.8 Å². The number of aromatic nitrogens is 2. The van der Waals surface area contributed by atoms with Gasteiger partial charge < -0.3 is 15.4 Å². The van der Waals surface area contributed by atoms with Crippen molar-refractivity contribution in [1.29, 1.82) is 5.26 Å². The van der Waals surface area contributed by atoms with Crippen molar-refractivity contribution in [2.24, 2.45) is 5.73 Å². The summed E-state index contributed by atoms with van der Waals surface area (Å²) in [6, 6.07) is 8.86. The number of carboxylic acids is 1. The molecule has 0 fully saturated rings. The number of nitriles is 1. The zero-order valence-corrected chi connectivity index (χ0v) is 15.5. The van der Waals surface area contributed by atoms with Gasteiger partial charge in [0.1, 0.15) is 10.7 Å². The van der Waals surface area contributed by atoms with E-state index in [-0.39, 0.29) is 11.3 Å². The van der Waals surface area contributed by atoms with Crippen LogP contribution < -0.4 is 5.73 Å². The Morgan fingerprint density at radius 3 is 2.44 bits per heavy atom. The number of carboxylic acid groups (broad SMARTS) is 1. The zero-order valence-electron chi connectivity index (χ0n) is 14.7. The predicted octanol–water partition coefficient (Wildman–Crippen LogP) is 2.95. The third kappa shape index (κ3) is 3.32. The fourth-order valence-corrected chi connectivity index (χ4v) is 3.85. The van der Waals surface area contributed by atoms with E-state index in [1.54, 1.807) is 36.6 Å². The summed E-state index contributed by atoms with van der Waals surface area (Å²) >= 11 is 1.30. The van der Waals surface area contributed by atoms with Crippen molar-refractivity contribution in [2.45, 2.75) is 20.4 Å². The molecule has 3 N–H and O–H groups in total. The maximum Gasteiger partial charge on any atom is 0.338 e. The minimum atomic E-state index is -1.02. The Balaban J connectivity index is 2.11. The molecule has 0 aliphatic rings. The van der Waals surface area contributed by atoms with E-state index in [1.807, 2.05) is 11.5 Å². The third-order valence-corrected chi connectivity index (χ3v) is 5.23. The van der Waals surface area contributed by atoms with Crippen LogP contribution in [0, 0.1) is 25.2 Å². The highest BCUT2D eigenvalue weighted by atomic mass is 32.1. The van der Waals surface area contributed by atoms with Crippen LogP contribution in [0.4, 0.5) is 0 Å². The average Bonchev–Trinajstić information content (AvgIpc) is 3.20. The number of nitrogens with zero attached hydrogens (tertiary/aromatic N) is 3. The van der Waals surface area contributed by atoms with Crippen LogP contribution in [0.2, 0.25) is 0 Å². The summed E-state index contributed by atoms with van der Waals surface area (Å²) in [4.78, 5) is 27.4. The highest BCUT2D eigenvalue weighted by Crippen LogP contribution is 2.33. The molecule has 2 aromatic heterocycles. The maximum absolute atomic E-state index is 11.9. The second kappa shape index (κ2) is 7.05. The van der Waals surface area contributed by atoms with Gasteiger partial charge in [0.2, 0.25) is 0 Å². The van der Waals surface area contributed by atoms with Crippen molar-refractivity contribution in [2.75, 3.05) is 0 Å². The Kier molecular flexibility index (Phi) is 4.79. The number of thiazole rings is 1. The number of hydrogen-bond donors (Lipinski definition) is 2. The number of carbonyl (C=O) groups is 2. The summed E-state index contributed by atoms with van der Waals surface area (Å²) in [5.41, 5.74) is 8.85. The van der Waals surface area contributed by atoms with E-state index in [2.05, 4.69) is 11.1 Å². The first kappa shape index (κ1) is 18.4. The summed E-state index contributed by atoms with van der Waals surface area (Å²) < 4.78 is 1.86. The van der Waals surface area contributed by atoms with E-state index in [9.17, 15) is 14.7 Å². The Morgan fingerprint density at radius 2 is 1.93 bits per heavy atom. The molecule has 0 radical (unpaired) electrons. The number of primary amides is 1. The van der Waals surface area contributed by atoms with Gasteiger partial charge >= 0.3 is 5.97 Å². The predicted molar refractivity (Wildman–Crippen MR) is 101 cm³/mol. The molecule has 0 spiro atoms. The van der Waals surface area contributed by atoms with Gasteiger partial charge in [0.15, 0.2) is 0 Å². The lowest BCUT2D eigenvalue weighted by molar-refractivity contribution is 0.0696. The quantitative estimate of drug-likeness (QED) is 0.704. The molecule has 7 nitrogen and oxygen atoms in total. The topological polar surface area (TPSA) is 122 Å². The summed E-state index contributed by atoms with van der Waals surface area (Å²) in [6.07, 6.45) is 0. The normalized spacial score (nSPS) is 10.6. The molecule has 3 aromatic rings. The van der Waals surface area contributed by atoms with Crippen LogP contribution in [-0.2, 0) is 6.54 Å². The van der Waals surface area contributed by atoms with Crippen LogP contribution in [-0.4, -0.2) is 26.5 Å². The van der Waals surface area contributed by atoms with Gasteiger partial charge in [-0.05, 0) is 31.5 Å². The number of aromatic carboxylic acids is 1. The minimum absolute atomic E-state index is 0.197. The monoisotopic (exact) mass is 380 g/mol. The minimum Gasteiger partial charge on any atom is -0.478 e. The fraction of sp³-hybridized carbons (Fsp3) is 0.158. The third-order valence-electron chi connectivity index (χ3n) is 4.40. The van der Waals surface area contributed by atoms with Crippen molar-refractivity contribution < 1.29 is 14.7 Å². The molecule has 0 bridgehead atoms. The smallest absolute Gasteiger partial charge is 0.338 e. The SMILES string of the molecule is Cc1c(C(=O)O)c(-c2ccc(C#N)cc2)c(C)n1Cc1nc(C(N)=O)cs1. The molecule has 0 aliphatic carbocycles. The van der Waals surface area contributed by atoms with Crippen molar-refractivity contribution in [3.8, 4) is 17.2 Å². The van der Waals surface area contributed by atoms with Crippen LogP contribution in [0.15, 0.2) is 29.6 Å². The lowest BCUT2D eigenvalue weighted by Gasteiger charge is -2.08. The Morgan fingerprint density at radius 1 is 1.26 bits per heavy atom. The number of amides is 1. The van der Waals surface area contributed by atoms with Gasteiger partial charge in [-0.2, -0.15) is 5.26 Å². The zero-order chi connectivity index (χ0) is 19.7. The molecule has 1 amide bonds. The summed E-state index contributed by atoms with van der Waals surface area (Å²) in [7, 11) is 0. The molecule has 0 saturated carbocycles. The molecule has 8 heteroatoms. The summed E-state index contributed by atoms with van der Waals surface area (Å²) in [6.45, 7) is 3.92. The summed E-state index contributed by atoms with van der Waals surface area (Å²) in [5, 5.41) is 21.0. The van der Waals surface area contributed by atoms with Gasteiger partial charge in [-0.15, -0.1) is 11.3 Å². The number of benzene rings is 1. The molecule has 0 unspecified atom stereocenters. The van der Waals surface area contributed by atoms with E-state index in [4.69, 9.17) is 11.0 Å². The van der Waals surface area contributed by atoms with E-state index in [0.29, 0.717) is 28.4 Å². The van der Waals surface area contributed by atoms with Crippen LogP contribution >= 0.6 is 11.3 Å². The fourth-order valence-electron chi connectivity index (χ4n) is 3.08. The van der Waals surface area contributed by atoms with E-state index < -0.39 is 11.9 Å². The van der Waals surface area contributed by atoms with Crippen molar-refractivity contribution in [3.05, 3.63) is 62.9 Å². The number of rotatable bonds is 5. The van der Waals surface area contributed by atoms with Gasteiger partial charge in [0.25, 0.3) is 5.91 Å². The molecular weight excluding hydrogens is 364 g/mol. The molecule has 2 heterocycles. The van der Waals surface area contributed by atoms with Gasteiger partial charge in [-0.1, -0.05) is 12.1 Å². The molecule has 0 saturated heterocycles. The Bertz CT molecular complexity index is 1090. The van der Waals surface area contributed by atoms with Crippen molar-refractivity contribution in [3.63, 3.8) is 0 Å². The van der Waals surface area contributed by atoms with Crippen molar-refractivity contribution in [1.82, 2.24) is 9.55 Å². The average molecular weight is 380 g/mol. The Hall–Kier alpha value is -3.44. The molecule has 3 rings (SSSR count). The molecule has 27 heavy (non-hydrogen) atoms. The van der Waals surface area contributed by atoms with Gasteiger partial charge in [-0.3, -0.25) is 4.79 Å². The number of nitrogens with two attached hydrogens (primary N) is 1. The molecule has 136 valence electrons. The number of hydrogen-bond acceptors (Lipinski definition) is 5. The lowest BCUT2D eigenvalue weighted by Crippen LogP contribution is -2.12. The molecular formula is C19H16N4O3S. The van der Waals surface area contributed by atoms with Crippen LogP contribution in [0.25, 0.3) is 11.1 Å². The van der Waals surface area contributed by atoms with Gasteiger partial charge in [0, 0.05) is 22.3 Å². The highest BCUT2D eigenvalue weighted by molar-refractivity contribution is 7.09. The molecule has 0 atom stereocenters. The standard InChI is InChI=1S/C19H16N4O3S/c1-10-16(13-5-3-12(7-20)4-6-13)17(19(25)26)11(2)23(10)8-15-22-14(9-27-15)18(21)24/h3-6,9H,8H2,1-2H3,(H2,21,24)(H,25,26). The molecule has 0 aliphatic heterocycles. The first-order valence-corrected chi connectivity index (χ1v) is 8.89. The largest absolute Gasteiger partial charge is 0.478 e. The van der Waals surface area contributed by atoms with Crippen LogP contribution in [0.5, 0.6) is 0 Å². The molecule has 1 aromatic carbocycles. The summed E-state index contributed by atoms with van der Waals surface area (Å²) in [5.74, 6) is -1.62. The lowest BCUT2D eigenvalue weighted by atomic mass is 9.99. The number of carbonyl (C=O) groups excluding carboxylic acids is 1.